The Morgan fingerprint density at radius 2 is 2.00 bits per heavy atom. The molecule has 0 aromatic heterocycles. The highest BCUT2D eigenvalue weighted by atomic mass is 16.7. The molecular weight excluding hydrogens is 318 g/mol. The van der Waals surface area contributed by atoms with Gasteiger partial charge in [-0.15, -0.1) is 0 Å². The predicted molar refractivity (Wildman–Crippen MR) is 98.7 cm³/mol. The maximum absolute atomic E-state index is 6.03. The van der Waals surface area contributed by atoms with Gasteiger partial charge in [0.05, 0.1) is 13.7 Å². The van der Waals surface area contributed by atoms with Crippen LogP contribution in [0.3, 0.4) is 0 Å². The number of nitrogens with one attached hydrogen (secondary N) is 1. The second kappa shape index (κ2) is 6.93. The molecule has 0 saturated heterocycles. The summed E-state index contributed by atoms with van der Waals surface area (Å²) in [5.74, 6) is 2.68. The lowest BCUT2D eigenvalue weighted by Gasteiger charge is -2.23. The van der Waals surface area contributed by atoms with Crippen LogP contribution < -0.4 is 25.3 Å². The van der Waals surface area contributed by atoms with Gasteiger partial charge in [-0.1, -0.05) is 26.0 Å². The molecule has 2 aromatic rings. The van der Waals surface area contributed by atoms with E-state index >= 15 is 0 Å². The quantitative estimate of drug-likeness (QED) is 0.645. The zero-order valence-corrected chi connectivity index (χ0v) is 14.7. The molecule has 6 nitrogen and oxygen atoms in total. The molecule has 3 rings (SSSR count). The van der Waals surface area contributed by atoms with E-state index in [1.54, 1.807) is 7.11 Å². The molecule has 0 spiro atoms. The second-order valence-electron chi connectivity index (χ2n) is 6.51. The van der Waals surface area contributed by atoms with E-state index in [1.165, 1.54) is 0 Å². The van der Waals surface area contributed by atoms with Gasteiger partial charge in [0.2, 0.25) is 6.79 Å². The summed E-state index contributed by atoms with van der Waals surface area (Å²) in [6.07, 6.45) is 0. The lowest BCUT2D eigenvalue weighted by atomic mass is 9.84. The Morgan fingerprint density at radius 1 is 1.20 bits per heavy atom. The molecule has 0 saturated carbocycles. The Hall–Kier alpha value is -2.89. The van der Waals surface area contributed by atoms with Crippen LogP contribution in [-0.4, -0.2) is 26.4 Å². The zero-order valence-electron chi connectivity index (χ0n) is 14.7. The van der Waals surface area contributed by atoms with Crippen molar-refractivity contribution >= 4 is 11.6 Å². The zero-order chi connectivity index (χ0) is 17.9. The van der Waals surface area contributed by atoms with Crippen LogP contribution in [0.5, 0.6) is 17.2 Å². The van der Waals surface area contributed by atoms with Gasteiger partial charge < -0.3 is 25.3 Å². The Morgan fingerprint density at radius 3 is 2.80 bits per heavy atom. The van der Waals surface area contributed by atoms with E-state index in [4.69, 9.17) is 19.9 Å². The van der Waals surface area contributed by atoms with Crippen LogP contribution in [0.2, 0.25) is 0 Å². The van der Waals surface area contributed by atoms with E-state index in [1.807, 2.05) is 42.5 Å². The Labute approximate surface area is 147 Å². The Bertz CT molecular complexity index is 787. The predicted octanol–water partition coefficient (Wildman–Crippen LogP) is 3.13. The minimum atomic E-state index is -0.193. The molecule has 6 heteroatoms. The van der Waals surface area contributed by atoms with Gasteiger partial charge in [-0.3, -0.25) is 4.99 Å². The van der Waals surface area contributed by atoms with Crippen LogP contribution in [0.4, 0.5) is 5.69 Å². The second-order valence-corrected chi connectivity index (χ2v) is 6.51. The number of hydrogen-bond donors (Lipinski definition) is 2. The van der Waals surface area contributed by atoms with Crippen LogP contribution in [-0.2, 0) is 5.41 Å². The molecule has 132 valence electrons. The van der Waals surface area contributed by atoms with Crippen molar-refractivity contribution in [3.8, 4) is 17.2 Å². The number of guanidine groups is 1. The highest BCUT2D eigenvalue weighted by molar-refractivity contribution is 5.92. The molecule has 1 aliphatic rings. The SMILES string of the molecule is COc1cccc(NC(N)=NCC(C)(C)c2ccc3c(c2)OCO3)c1. The summed E-state index contributed by atoms with van der Waals surface area (Å²) >= 11 is 0. The van der Waals surface area contributed by atoms with Gasteiger partial charge in [-0.2, -0.15) is 0 Å². The number of benzene rings is 2. The van der Waals surface area contributed by atoms with Gasteiger partial charge >= 0.3 is 0 Å². The van der Waals surface area contributed by atoms with Gasteiger partial charge in [0, 0.05) is 17.2 Å². The highest BCUT2D eigenvalue weighted by Gasteiger charge is 2.24. The van der Waals surface area contributed by atoms with Crippen molar-refractivity contribution in [1.29, 1.82) is 0 Å². The Kier molecular flexibility index (Phi) is 4.70. The number of ether oxygens (including phenoxy) is 3. The minimum absolute atomic E-state index is 0.193. The van der Waals surface area contributed by atoms with Crippen LogP contribution in [0.15, 0.2) is 47.5 Å². The summed E-state index contributed by atoms with van der Waals surface area (Å²) < 4.78 is 16.0. The largest absolute Gasteiger partial charge is 0.497 e. The van der Waals surface area contributed by atoms with Crippen molar-refractivity contribution in [2.75, 3.05) is 25.8 Å². The molecular formula is C19H23N3O3. The maximum atomic E-state index is 6.03. The van der Waals surface area contributed by atoms with Gasteiger partial charge in [-0.05, 0) is 29.8 Å². The summed E-state index contributed by atoms with van der Waals surface area (Å²) in [5, 5.41) is 3.09. The van der Waals surface area contributed by atoms with Crippen LogP contribution >= 0.6 is 0 Å². The summed E-state index contributed by atoms with van der Waals surface area (Å²) in [5.41, 5.74) is 7.79. The van der Waals surface area contributed by atoms with Gasteiger partial charge in [0.25, 0.3) is 0 Å². The summed E-state index contributed by atoms with van der Waals surface area (Å²) in [6, 6.07) is 13.5. The molecule has 0 amide bonds. The number of fused-ring (bicyclic) bond motifs is 1. The fourth-order valence-corrected chi connectivity index (χ4v) is 2.58. The molecule has 2 aromatic carbocycles. The van der Waals surface area contributed by atoms with Crippen LogP contribution in [0.25, 0.3) is 0 Å². The fraction of sp³-hybridized carbons (Fsp3) is 0.316. The number of hydrogen-bond acceptors (Lipinski definition) is 4. The molecule has 0 unspecified atom stereocenters. The third kappa shape index (κ3) is 3.96. The molecule has 0 fully saturated rings. The number of methoxy groups -OCH3 is 1. The van der Waals surface area contributed by atoms with E-state index in [9.17, 15) is 0 Å². The van der Waals surface area contributed by atoms with E-state index in [0.717, 1.165) is 28.5 Å². The third-order valence-electron chi connectivity index (χ3n) is 4.14. The molecule has 0 atom stereocenters. The molecule has 0 radical (unpaired) electrons. The molecule has 0 bridgehead atoms. The fourth-order valence-electron chi connectivity index (χ4n) is 2.58. The first kappa shape index (κ1) is 17.0. The first-order valence-corrected chi connectivity index (χ1v) is 8.09. The average molecular weight is 341 g/mol. The summed E-state index contributed by atoms with van der Waals surface area (Å²) in [6.45, 7) is 5.05. The van der Waals surface area contributed by atoms with Gasteiger partial charge in [0.1, 0.15) is 5.75 Å². The monoisotopic (exact) mass is 341 g/mol. The number of anilines is 1. The van der Waals surface area contributed by atoms with Crippen molar-refractivity contribution in [2.45, 2.75) is 19.3 Å². The van der Waals surface area contributed by atoms with E-state index in [-0.39, 0.29) is 12.2 Å². The summed E-state index contributed by atoms with van der Waals surface area (Å²) in [4.78, 5) is 4.49. The molecule has 1 aliphatic heterocycles. The standard InChI is InChI=1S/C19H23N3O3/c1-19(2,13-7-8-16-17(9-13)25-12-24-16)11-21-18(20)22-14-5-4-6-15(10-14)23-3/h4-10H,11-12H2,1-3H3,(H3,20,21,22). The first-order valence-electron chi connectivity index (χ1n) is 8.09. The van der Waals surface area contributed by atoms with E-state index in [2.05, 4.69) is 24.2 Å². The number of nitrogens with two attached hydrogens (primary N) is 1. The highest BCUT2D eigenvalue weighted by Crippen LogP contribution is 2.36. The van der Waals surface area contributed by atoms with Crippen LogP contribution in [0, 0.1) is 0 Å². The third-order valence-corrected chi connectivity index (χ3v) is 4.14. The van der Waals surface area contributed by atoms with Gasteiger partial charge in [0.15, 0.2) is 17.5 Å². The minimum Gasteiger partial charge on any atom is -0.497 e. The van der Waals surface area contributed by atoms with Crippen LogP contribution in [0.1, 0.15) is 19.4 Å². The Balaban J connectivity index is 1.68. The number of nitrogens with zero attached hydrogens (tertiary/aromatic N) is 1. The normalized spacial score (nSPS) is 13.6. The molecule has 0 aliphatic carbocycles. The molecule has 25 heavy (non-hydrogen) atoms. The average Bonchev–Trinajstić information content (AvgIpc) is 3.08. The maximum Gasteiger partial charge on any atom is 0.231 e. The molecule has 3 N–H and O–H groups in total. The first-order chi connectivity index (χ1) is 12.0. The van der Waals surface area contributed by atoms with Crippen molar-refractivity contribution in [3.05, 3.63) is 48.0 Å². The summed E-state index contributed by atoms with van der Waals surface area (Å²) in [7, 11) is 1.63. The lowest BCUT2D eigenvalue weighted by Crippen LogP contribution is -2.27. The number of rotatable bonds is 5. The lowest BCUT2D eigenvalue weighted by molar-refractivity contribution is 0.174. The smallest absolute Gasteiger partial charge is 0.231 e. The van der Waals surface area contributed by atoms with E-state index < -0.39 is 0 Å². The van der Waals surface area contributed by atoms with E-state index in [0.29, 0.717) is 12.5 Å². The van der Waals surface area contributed by atoms with Crippen molar-refractivity contribution in [2.24, 2.45) is 10.7 Å². The van der Waals surface area contributed by atoms with Crippen molar-refractivity contribution in [1.82, 2.24) is 0 Å². The number of aliphatic imine (C=N–C) groups is 1. The van der Waals surface area contributed by atoms with Gasteiger partial charge in [-0.25, -0.2) is 0 Å². The van der Waals surface area contributed by atoms with Crippen molar-refractivity contribution < 1.29 is 14.2 Å². The van der Waals surface area contributed by atoms with Crippen molar-refractivity contribution in [3.63, 3.8) is 0 Å². The molecule has 1 heterocycles. The topological polar surface area (TPSA) is 78.1 Å².